The zero-order chi connectivity index (χ0) is 10.8. The van der Waals surface area contributed by atoms with E-state index >= 15 is 0 Å². The molecule has 0 spiro atoms. The summed E-state index contributed by atoms with van der Waals surface area (Å²) >= 11 is 3.38. The van der Waals surface area contributed by atoms with Gasteiger partial charge in [0.25, 0.3) is 0 Å². The first-order chi connectivity index (χ1) is 6.45. The predicted molar refractivity (Wildman–Crippen MR) is 62.0 cm³/mol. The number of rotatable bonds is 1. The first kappa shape index (κ1) is 11.3. The smallest absolute Gasteiger partial charge is 0.0761 e. The molecule has 0 aromatic heterocycles. The predicted octanol–water partition coefficient (Wildman–Crippen LogP) is 4.10. The third-order valence-electron chi connectivity index (χ3n) is 2.20. The fraction of sp³-hybridized carbons (Fsp3) is 0.417. The lowest BCUT2D eigenvalue weighted by Gasteiger charge is -2.24. The highest BCUT2D eigenvalue weighted by molar-refractivity contribution is 9.10. The summed E-state index contributed by atoms with van der Waals surface area (Å²) in [7, 11) is 0. The molecule has 0 amide bonds. The molecule has 0 saturated heterocycles. The van der Waals surface area contributed by atoms with Gasteiger partial charge in [-0.15, -0.1) is 0 Å². The Bertz CT molecular complexity index is 340. The molecule has 1 atom stereocenters. The van der Waals surface area contributed by atoms with Crippen molar-refractivity contribution in [1.82, 2.24) is 0 Å². The number of halogens is 1. The molecule has 0 heterocycles. The highest BCUT2D eigenvalue weighted by Crippen LogP contribution is 2.34. The molecule has 0 N–H and O–H groups in total. The van der Waals surface area contributed by atoms with Gasteiger partial charge in [0, 0.05) is 4.47 Å². The van der Waals surface area contributed by atoms with Crippen molar-refractivity contribution in [2.75, 3.05) is 0 Å². The minimum atomic E-state index is -0.0457. The Kier molecular flexibility index (Phi) is 3.34. The zero-order valence-corrected chi connectivity index (χ0v) is 10.3. The SMILES string of the molecule is CC(C)(C)[C@@H](C#N)c1ccc(Br)cc1. The van der Waals surface area contributed by atoms with E-state index in [4.69, 9.17) is 5.26 Å². The van der Waals surface area contributed by atoms with Gasteiger partial charge in [0.1, 0.15) is 0 Å². The summed E-state index contributed by atoms with van der Waals surface area (Å²) < 4.78 is 1.05. The summed E-state index contributed by atoms with van der Waals surface area (Å²) in [6, 6.07) is 10.3. The third kappa shape index (κ3) is 2.59. The fourth-order valence-electron chi connectivity index (χ4n) is 1.42. The number of hydrogen-bond acceptors (Lipinski definition) is 1. The van der Waals surface area contributed by atoms with Gasteiger partial charge in [0.15, 0.2) is 0 Å². The molecule has 0 aliphatic heterocycles. The molecule has 0 unspecified atom stereocenters. The molecule has 0 aliphatic rings. The van der Waals surface area contributed by atoms with Gasteiger partial charge < -0.3 is 0 Å². The first-order valence-electron chi connectivity index (χ1n) is 4.60. The molecule has 0 radical (unpaired) electrons. The lowest BCUT2D eigenvalue weighted by atomic mass is 9.77. The van der Waals surface area contributed by atoms with Gasteiger partial charge in [-0.1, -0.05) is 48.8 Å². The molecular weight excluding hydrogens is 238 g/mol. The van der Waals surface area contributed by atoms with Gasteiger partial charge in [0.2, 0.25) is 0 Å². The van der Waals surface area contributed by atoms with E-state index in [1.165, 1.54) is 0 Å². The Morgan fingerprint density at radius 1 is 1.21 bits per heavy atom. The van der Waals surface area contributed by atoms with Crippen molar-refractivity contribution < 1.29 is 0 Å². The quantitative estimate of drug-likeness (QED) is 0.738. The molecule has 1 aromatic rings. The lowest BCUT2D eigenvalue weighted by molar-refractivity contribution is 0.373. The molecule has 2 heteroatoms. The van der Waals surface area contributed by atoms with Crippen LogP contribution in [0.2, 0.25) is 0 Å². The van der Waals surface area contributed by atoms with Crippen LogP contribution in [-0.2, 0) is 0 Å². The largest absolute Gasteiger partial charge is 0.198 e. The average Bonchev–Trinajstić information content (AvgIpc) is 2.07. The number of benzene rings is 1. The lowest BCUT2D eigenvalue weighted by Crippen LogP contribution is -2.16. The van der Waals surface area contributed by atoms with Crippen LogP contribution in [0.1, 0.15) is 32.3 Å². The van der Waals surface area contributed by atoms with Crippen LogP contribution in [-0.4, -0.2) is 0 Å². The van der Waals surface area contributed by atoms with Crippen LogP contribution >= 0.6 is 15.9 Å². The van der Waals surface area contributed by atoms with Crippen molar-refractivity contribution >= 4 is 15.9 Å². The molecule has 1 rings (SSSR count). The standard InChI is InChI=1S/C12H14BrN/c1-12(2,3)11(8-14)9-4-6-10(13)7-5-9/h4-7,11H,1-3H3/t11-/m0/s1. The van der Waals surface area contributed by atoms with Gasteiger partial charge in [-0.3, -0.25) is 0 Å². The maximum absolute atomic E-state index is 9.12. The van der Waals surface area contributed by atoms with E-state index in [1.807, 2.05) is 24.3 Å². The fourth-order valence-corrected chi connectivity index (χ4v) is 1.69. The maximum Gasteiger partial charge on any atom is 0.0761 e. The molecule has 0 saturated carbocycles. The molecule has 74 valence electrons. The highest BCUT2D eigenvalue weighted by Gasteiger charge is 2.25. The minimum absolute atomic E-state index is 0.0113. The van der Waals surface area contributed by atoms with Crippen LogP contribution < -0.4 is 0 Å². The Morgan fingerprint density at radius 3 is 2.07 bits per heavy atom. The summed E-state index contributed by atoms with van der Waals surface area (Å²) in [6.07, 6.45) is 0. The third-order valence-corrected chi connectivity index (χ3v) is 2.73. The normalized spacial score (nSPS) is 13.4. The molecule has 0 aliphatic carbocycles. The van der Waals surface area contributed by atoms with Crippen molar-refractivity contribution in [1.29, 1.82) is 5.26 Å². The van der Waals surface area contributed by atoms with Crippen molar-refractivity contribution in [3.8, 4) is 6.07 Å². The summed E-state index contributed by atoms with van der Waals surface area (Å²) in [5, 5.41) is 9.12. The van der Waals surface area contributed by atoms with Crippen LogP contribution in [0.25, 0.3) is 0 Å². The van der Waals surface area contributed by atoms with Crippen LogP contribution in [0, 0.1) is 16.7 Å². The number of nitriles is 1. The van der Waals surface area contributed by atoms with Gasteiger partial charge in [0.05, 0.1) is 12.0 Å². The first-order valence-corrected chi connectivity index (χ1v) is 5.39. The van der Waals surface area contributed by atoms with Gasteiger partial charge >= 0.3 is 0 Å². The van der Waals surface area contributed by atoms with Crippen LogP contribution in [0.4, 0.5) is 0 Å². The summed E-state index contributed by atoms with van der Waals surface area (Å²) in [6.45, 7) is 6.26. The van der Waals surface area contributed by atoms with E-state index in [9.17, 15) is 0 Å². The van der Waals surface area contributed by atoms with Crippen molar-refractivity contribution in [2.45, 2.75) is 26.7 Å². The van der Waals surface area contributed by atoms with Gasteiger partial charge in [-0.25, -0.2) is 0 Å². The Morgan fingerprint density at radius 2 is 1.71 bits per heavy atom. The Balaban J connectivity index is 3.04. The van der Waals surface area contributed by atoms with Crippen LogP contribution in [0.3, 0.4) is 0 Å². The van der Waals surface area contributed by atoms with Crippen LogP contribution in [0.15, 0.2) is 28.7 Å². The van der Waals surface area contributed by atoms with E-state index in [0.29, 0.717) is 0 Å². The molecule has 0 fully saturated rings. The monoisotopic (exact) mass is 251 g/mol. The van der Waals surface area contributed by atoms with E-state index in [0.717, 1.165) is 10.0 Å². The molecule has 1 nitrogen and oxygen atoms in total. The number of nitrogens with zero attached hydrogens (tertiary/aromatic N) is 1. The second-order valence-corrected chi connectivity index (χ2v) is 5.40. The van der Waals surface area contributed by atoms with E-state index in [1.54, 1.807) is 0 Å². The van der Waals surface area contributed by atoms with Crippen LogP contribution in [0.5, 0.6) is 0 Å². The maximum atomic E-state index is 9.12. The van der Waals surface area contributed by atoms with Crippen molar-refractivity contribution in [2.24, 2.45) is 5.41 Å². The summed E-state index contributed by atoms with van der Waals surface area (Å²) in [5.41, 5.74) is 1.07. The molecule has 1 aromatic carbocycles. The average molecular weight is 252 g/mol. The zero-order valence-electron chi connectivity index (χ0n) is 8.71. The van der Waals surface area contributed by atoms with E-state index in [2.05, 4.69) is 42.8 Å². The van der Waals surface area contributed by atoms with E-state index < -0.39 is 0 Å². The van der Waals surface area contributed by atoms with Gasteiger partial charge in [-0.2, -0.15) is 5.26 Å². The second-order valence-electron chi connectivity index (χ2n) is 4.48. The van der Waals surface area contributed by atoms with Gasteiger partial charge in [-0.05, 0) is 23.1 Å². The van der Waals surface area contributed by atoms with Crippen molar-refractivity contribution in [3.05, 3.63) is 34.3 Å². The van der Waals surface area contributed by atoms with E-state index in [-0.39, 0.29) is 11.3 Å². The molecule has 14 heavy (non-hydrogen) atoms. The van der Waals surface area contributed by atoms with Crippen molar-refractivity contribution in [3.63, 3.8) is 0 Å². The highest BCUT2D eigenvalue weighted by atomic mass is 79.9. The molecule has 0 bridgehead atoms. The minimum Gasteiger partial charge on any atom is -0.198 e. The molecular formula is C12H14BrN. The Labute approximate surface area is 93.9 Å². The summed E-state index contributed by atoms with van der Waals surface area (Å²) in [5.74, 6) is -0.0457. The second kappa shape index (κ2) is 4.14. The Hall–Kier alpha value is -0.810. The number of hydrogen-bond donors (Lipinski definition) is 0. The summed E-state index contributed by atoms with van der Waals surface area (Å²) in [4.78, 5) is 0. The topological polar surface area (TPSA) is 23.8 Å².